The summed E-state index contributed by atoms with van der Waals surface area (Å²) in [5, 5.41) is 17.8. The first-order chi connectivity index (χ1) is 11.2. The Balaban J connectivity index is 1.55. The maximum atomic E-state index is 12.8. The normalized spacial score (nSPS) is 25.3. The van der Waals surface area contributed by atoms with Gasteiger partial charge in [-0.25, -0.2) is 0 Å². The Bertz CT molecular complexity index is 684. The van der Waals surface area contributed by atoms with E-state index in [2.05, 4.69) is 37.7 Å². The second-order valence-electron chi connectivity index (χ2n) is 6.10. The van der Waals surface area contributed by atoms with E-state index in [-0.39, 0.29) is 11.9 Å². The fraction of sp³-hybridized carbons (Fsp3) is 0.615. The average molecular weight is 318 g/mol. The Morgan fingerprint density at radius 1 is 1.35 bits per heavy atom. The van der Waals surface area contributed by atoms with Crippen LogP contribution < -0.4 is 0 Å². The smallest absolute Gasteiger partial charge is 0.272 e. The quantitative estimate of drug-likeness (QED) is 0.740. The Morgan fingerprint density at radius 3 is 3.09 bits per heavy atom. The van der Waals surface area contributed by atoms with Crippen molar-refractivity contribution in [3.05, 3.63) is 18.1 Å². The molecule has 0 unspecified atom stereocenters. The van der Waals surface area contributed by atoms with Crippen LogP contribution in [-0.2, 0) is 4.74 Å². The van der Waals surface area contributed by atoms with Crippen molar-refractivity contribution >= 4 is 5.91 Å². The van der Waals surface area contributed by atoms with Crippen molar-refractivity contribution < 1.29 is 9.53 Å². The summed E-state index contributed by atoms with van der Waals surface area (Å²) in [5.41, 5.74) is 0.444. The Hall–Kier alpha value is -2.33. The fourth-order valence-corrected chi connectivity index (χ4v) is 3.19. The molecule has 2 saturated heterocycles. The van der Waals surface area contributed by atoms with E-state index < -0.39 is 0 Å². The number of likely N-dealkylation sites (N-methyl/N-ethyl adjacent to an activating group) is 1. The van der Waals surface area contributed by atoms with Crippen LogP contribution in [-0.4, -0.2) is 92.0 Å². The van der Waals surface area contributed by atoms with Gasteiger partial charge in [-0.3, -0.25) is 14.8 Å². The minimum absolute atomic E-state index is 0.0518. The number of carbonyl (C=O) groups is 1. The molecule has 2 aliphatic heterocycles. The van der Waals surface area contributed by atoms with Crippen LogP contribution in [0.15, 0.2) is 12.4 Å². The zero-order chi connectivity index (χ0) is 15.8. The standard InChI is InChI=1S/C13H18N8O2/c1-19-3-9-4-20(5-10(19)7-23-6-9)13(22)11-2-12(16-15-11)21-8-14-17-18-21/h2,8-10H,3-7H2,1H3,(H,15,16)/t9-,10+/m1/s1. The molecule has 0 spiro atoms. The van der Waals surface area contributed by atoms with Gasteiger partial charge in [-0.2, -0.15) is 9.78 Å². The molecule has 2 atom stereocenters. The number of carbonyl (C=O) groups excluding carboxylic acids is 1. The zero-order valence-electron chi connectivity index (χ0n) is 12.8. The lowest BCUT2D eigenvalue weighted by Crippen LogP contribution is -2.44. The lowest BCUT2D eigenvalue weighted by molar-refractivity contribution is 0.0430. The number of H-pyrrole nitrogens is 1. The predicted molar refractivity (Wildman–Crippen MR) is 77.9 cm³/mol. The molecule has 0 aromatic carbocycles. The third-order valence-corrected chi connectivity index (χ3v) is 4.41. The minimum atomic E-state index is -0.0518. The molecule has 1 N–H and O–H groups in total. The maximum Gasteiger partial charge on any atom is 0.272 e. The highest BCUT2D eigenvalue weighted by Crippen LogP contribution is 2.20. The molecule has 23 heavy (non-hydrogen) atoms. The number of nitrogens with one attached hydrogen (secondary N) is 1. The van der Waals surface area contributed by atoms with Gasteiger partial charge in [0.2, 0.25) is 0 Å². The number of ether oxygens (including phenoxy) is 1. The first-order valence-electron chi connectivity index (χ1n) is 7.56. The summed E-state index contributed by atoms with van der Waals surface area (Å²) in [6.07, 6.45) is 1.44. The highest BCUT2D eigenvalue weighted by Gasteiger charge is 2.34. The first-order valence-corrected chi connectivity index (χ1v) is 7.56. The van der Waals surface area contributed by atoms with Crippen LogP contribution in [0.1, 0.15) is 10.5 Å². The van der Waals surface area contributed by atoms with E-state index in [1.54, 1.807) is 6.07 Å². The molecule has 2 fully saturated rings. The van der Waals surface area contributed by atoms with Gasteiger partial charge in [0.15, 0.2) is 5.82 Å². The van der Waals surface area contributed by atoms with Crippen molar-refractivity contribution in [2.75, 3.05) is 39.9 Å². The van der Waals surface area contributed by atoms with Crippen molar-refractivity contribution in [2.24, 2.45) is 5.92 Å². The van der Waals surface area contributed by atoms with Crippen molar-refractivity contribution in [1.82, 2.24) is 40.2 Å². The second-order valence-corrected chi connectivity index (χ2v) is 6.10. The van der Waals surface area contributed by atoms with Gasteiger partial charge < -0.3 is 9.64 Å². The number of hydrogen-bond donors (Lipinski definition) is 1. The third-order valence-electron chi connectivity index (χ3n) is 4.41. The van der Waals surface area contributed by atoms with Gasteiger partial charge >= 0.3 is 0 Å². The van der Waals surface area contributed by atoms with Gasteiger partial charge in [0, 0.05) is 31.6 Å². The molecule has 10 heteroatoms. The van der Waals surface area contributed by atoms with Crippen molar-refractivity contribution in [3.63, 3.8) is 0 Å². The molecule has 10 nitrogen and oxygen atoms in total. The van der Waals surface area contributed by atoms with Crippen molar-refractivity contribution in [3.8, 4) is 5.82 Å². The van der Waals surface area contributed by atoms with E-state index in [1.807, 2.05) is 4.90 Å². The lowest BCUT2D eigenvalue weighted by atomic mass is 10.1. The summed E-state index contributed by atoms with van der Waals surface area (Å²) >= 11 is 0. The summed E-state index contributed by atoms with van der Waals surface area (Å²) in [6.45, 7) is 3.66. The van der Waals surface area contributed by atoms with Crippen molar-refractivity contribution in [1.29, 1.82) is 0 Å². The van der Waals surface area contributed by atoms with Gasteiger partial charge in [-0.15, -0.1) is 5.10 Å². The number of rotatable bonds is 2. The maximum absolute atomic E-state index is 12.8. The lowest BCUT2D eigenvalue weighted by Gasteiger charge is -2.29. The fourth-order valence-electron chi connectivity index (χ4n) is 3.19. The van der Waals surface area contributed by atoms with Crippen LogP contribution in [0.3, 0.4) is 0 Å². The van der Waals surface area contributed by atoms with E-state index >= 15 is 0 Å². The summed E-state index contributed by atoms with van der Waals surface area (Å²) < 4.78 is 7.10. The third kappa shape index (κ3) is 2.70. The molecule has 0 aliphatic carbocycles. The molecule has 0 radical (unpaired) electrons. The highest BCUT2D eigenvalue weighted by atomic mass is 16.5. The molecule has 0 saturated carbocycles. The second kappa shape index (κ2) is 5.70. The van der Waals surface area contributed by atoms with Crippen LogP contribution in [0.2, 0.25) is 0 Å². The summed E-state index contributed by atoms with van der Waals surface area (Å²) in [7, 11) is 2.09. The van der Waals surface area contributed by atoms with Crippen molar-refractivity contribution in [2.45, 2.75) is 6.04 Å². The topological polar surface area (TPSA) is 105 Å². The van der Waals surface area contributed by atoms with E-state index in [0.29, 0.717) is 43.7 Å². The first kappa shape index (κ1) is 14.3. The van der Waals surface area contributed by atoms with Crippen LogP contribution in [0.25, 0.3) is 5.82 Å². The van der Waals surface area contributed by atoms with E-state index in [1.165, 1.54) is 11.0 Å². The van der Waals surface area contributed by atoms with E-state index in [4.69, 9.17) is 4.74 Å². The summed E-state index contributed by atoms with van der Waals surface area (Å²) in [6, 6.07) is 1.90. The van der Waals surface area contributed by atoms with Gasteiger partial charge in [0.05, 0.1) is 19.3 Å². The van der Waals surface area contributed by atoms with Crippen LogP contribution in [0, 0.1) is 5.92 Å². The molecule has 122 valence electrons. The van der Waals surface area contributed by atoms with Gasteiger partial charge in [0.25, 0.3) is 5.91 Å². The highest BCUT2D eigenvalue weighted by molar-refractivity contribution is 5.92. The molecule has 4 rings (SSSR count). The minimum Gasteiger partial charge on any atom is -0.379 e. The van der Waals surface area contributed by atoms with Gasteiger partial charge in [-0.05, 0) is 17.5 Å². The van der Waals surface area contributed by atoms with Crippen LogP contribution in [0.5, 0.6) is 0 Å². The number of amides is 1. The SMILES string of the molecule is CN1C[C@H]2COC[C@@H]1CN(C(=O)c1cc(-n3cnnn3)n[nH]1)C2. The summed E-state index contributed by atoms with van der Waals surface area (Å²) in [5.74, 6) is 0.774. The van der Waals surface area contributed by atoms with Crippen LogP contribution in [0.4, 0.5) is 0 Å². The molecule has 2 aromatic heterocycles. The van der Waals surface area contributed by atoms with Crippen LogP contribution >= 0.6 is 0 Å². The number of aromatic amines is 1. The summed E-state index contributed by atoms with van der Waals surface area (Å²) in [4.78, 5) is 17.0. The van der Waals surface area contributed by atoms with Gasteiger partial charge in [-0.1, -0.05) is 0 Å². The molecular formula is C13H18N8O2. The van der Waals surface area contributed by atoms with E-state index in [9.17, 15) is 4.79 Å². The average Bonchev–Trinajstić information content (AvgIpc) is 3.14. The Morgan fingerprint density at radius 2 is 2.26 bits per heavy atom. The number of aromatic nitrogens is 6. The predicted octanol–water partition coefficient (Wildman–Crippen LogP) is -1.21. The largest absolute Gasteiger partial charge is 0.379 e. The molecule has 2 aromatic rings. The van der Waals surface area contributed by atoms with E-state index in [0.717, 1.165) is 6.54 Å². The molecule has 2 bridgehead atoms. The number of fused-ring (bicyclic) bond motifs is 3. The monoisotopic (exact) mass is 318 g/mol. The molecular weight excluding hydrogens is 300 g/mol. The molecule has 1 amide bonds. The zero-order valence-corrected chi connectivity index (χ0v) is 12.8. The number of hydrogen-bond acceptors (Lipinski definition) is 7. The number of nitrogens with zero attached hydrogens (tertiary/aromatic N) is 7. The van der Waals surface area contributed by atoms with Gasteiger partial charge in [0.1, 0.15) is 12.0 Å². The Kier molecular flexibility index (Phi) is 3.54. The number of tetrazole rings is 1. The Labute approximate surface area is 132 Å². The molecule has 4 heterocycles. The molecule has 2 aliphatic rings.